The van der Waals surface area contributed by atoms with Gasteiger partial charge in [0.25, 0.3) is 5.97 Å². The Hall–Kier alpha value is -0.570. The summed E-state index contributed by atoms with van der Waals surface area (Å²) in [5, 5.41) is 16.4. The van der Waals surface area contributed by atoms with Crippen LogP contribution in [-0.4, -0.2) is 22.3 Å². The van der Waals surface area contributed by atoms with Crippen molar-refractivity contribution in [3.63, 3.8) is 0 Å². The number of aliphatic carboxylic acids is 1. The van der Waals surface area contributed by atoms with Gasteiger partial charge in [-0.05, 0) is 18.8 Å². The first kappa shape index (κ1) is 10.4. The lowest BCUT2D eigenvalue weighted by Crippen LogP contribution is -2.07. The molecule has 66 valence electrons. The Balaban J connectivity index is 0.000000218. The maximum Gasteiger partial charge on any atom is 0.300 e. The minimum Gasteiger partial charge on any atom is -0.481 e. The smallest absolute Gasteiger partial charge is 0.300 e. The van der Waals surface area contributed by atoms with E-state index in [4.69, 9.17) is 15.0 Å². The Labute approximate surface area is 67.0 Å². The largest absolute Gasteiger partial charge is 0.481 e. The molecule has 1 aliphatic carbocycles. The summed E-state index contributed by atoms with van der Waals surface area (Å²) in [5.41, 5.74) is 0. The van der Waals surface area contributed by atoms with Crippen molar-refractivity contribution in [2.75, 3.05) is 0 Å². The first-order valence-electron chi connectivity index (χ1n) is 3.91. The fraction of sp³-hybridized carbons (Fsp3) is 0.875. The molecule has 0 saturated heterocycles. The highest BCUT2D eigenvalue weighted by Crippen LogP contribution is 2.23. The molecular weight excluding hydrogens is 144 g/mol. The molecule has 1 fully saturated rings. The van der Waals surface area contributed by atoms with Crippen molar-refractivity contribution in [1.82, 2.24) is 0 Å². The van der Waals surface area contributed by atoms with Gasteiger partial charge in [0.05, 0.1) is 6.10 Å². The van der Waals surface area contributed by atoms with Gasteiger partial charge in [-0.3, -0.25) is 4.79 Å². The zero-order chi connectivity index (χ0) is 8.85. The van der Waals surface area contributed by atoms with Gasteiger partial charge in [0.15, 0.2) is 0 Å². The second-order valence-corrected chi connectivity index (χ2v) is 2.99. The van der Waals surface area contributed by atoms with Crippen LogP contribution in [0.5, 0.6) is 0 Å². The van der Waals surface area contributed by atoms with Gasteiger partial charge in [-0.2, -0.15) is 0 Å². The van der Waals surface area contributed by atoms with Crippen molar-refractivity contribution in [1.29, 1.82) is 0 Å². The molecule has 1 saturated carbocycles. The fourth-order valence-corrected chi connectivity index (χ4v) is 1.13. The van der Waals surface area contributed by atoms with E-state index in [2.05, 4.69) is 6.92 Å². The molecule has 3 nitrogen and oxygen atoms in total. The first-order valence-corrected chi connectivity index (χ1v) is 3.91. The van der Waals surface area contributed by atoms with Crippen molar-refractivity contribution in [2.45, 2.75) is 39.2 Å². The number of aliphatic hydroxyl groups excluding tert-OH is 1. The maximum absolute atomic E-state index is 9.00. The Bertz CT molecular complexity index is 111. The molecule has 0 bridgehead atoms. The highest BCUT2D eigenvalue weighted by atomic mass is 16.4. The molecule has 0 heterocycles. The molecule has 11 heavy (non-hydrogen) atoms. The van der Waals surface area contributed by atoms with Gasteiger partial charge in [-0.1, -0.05) is 13.3 Å². The van der Waals surface area contributed by atoms with Gasteiger partial charge < -0.3 is 10.2 Å². The van der Waals surface area contributed by atoms with E-state index in [0.717, 1.165) is 13.3 Å². The lowest BCUT2D eigenvalue weighted by molar-refractivity contribution is -0.134. The Morgan fingerprint density at radius 2 is 1.91 bits per heavy atom. The molecule has 0 aromatic carbocycles. The minimum absolute atomic E-state index is 0.0139. The number of carboxylic acid groups (broad SMARTS) is 1. The van der Waals surface area contributed by atoms with Crippen molar-refractivity contribution < 1.29 is 15.0 Å². The van der Waals surface area contributed by atoms with Crippen LogP contribution in [0.1, 0.15) is 33.1 Å². The van der Waals surface area contributed by atoms with Gasteiger partial charge in [0.2, 0.25) is 0 Å². The molecular formula is C8H16O3. The van der Waals surface area contributed by atoms with Crippen LogP contribution in [0.4, 0.5) is 0 Å². The van der Waals surface area contributed by atoms with Crippen LogP contribution < -0.4 is 0 Å². The number of hydrogen-bond donors (Lipinski definition) is 2. The van der Waals surface area contributed by atoms with Crippen molar-refractivity contribution in [3.8, 4) is 0 Å². The van der Waals surface area contributed by atoms with E-state index >= 15 is 0 Å². The number of carboxylic acids is 1. The second kappa shape index (κ2) is 5.13. The Morgan fingerprint density at radius 1 is 1.45 bits per heavy atom. The number of rotatable bonds is 0. The zero-order valence-electron chi connectivity index (χ0n) is 7.08. The van der Waals surface area contributed by atoms with Crippen LogP contribution in [0.3, 0.4) is 0 Å². The molecule has 0 amide bonds. The minimum atomic E-state index is -0.833. The third-order valence-electron chi connectivity index (χ3n) is 1.82. The fourth-order valence-electron chi connectivity index (χ4n) is 1.13. The van der Waals surface area contributed by atoms with E-state index in [-0.39, 0.29) is 6.10 Å². The summed E-state index contributed by atoms with van der Waals surface area (Å²) in [6.07, 6.45) is 3.49. The average molecular weight is 160 g/mol. The molecule has 0 radical (unpaired) electrons. The van der Waals surface area contributed by atoms with E-state index in [0.29, 0.717) is 5.92 Å². The van der Waals surface area contributed by atoms with E-state index in [1.807, 2.05) is 0 Å². The summed E-state index contributed by atoms with van der Waals surface area (Å²) >= 11 is 0. The molecule has 0 aromatic rings. The number of aliphatic hydroxyl groups is 1. The van der Waals surface area contributed by atoms with Crippen LogP contribution in [0, 0.1) is 5.92 Å². The Kier molecular flexibility index (Phi) is 4.86. The van der Waals surface area contributed by atoms with Crippen molar-refractivity contribution >= 4 is 5.97 Å². The summed E-state index contributed by atoms with van der Waals surface area (Å²) in [5.74, 6) is -0.264. The quantitative estimate of drug-likeness (QED) is 0.561. The molecule has 3 heteroatoms. The molecule has 2 N–H and O–H groups in total. The predicted molar refractivity (Wildman–Crippen MR) is 42.3 cm³/mol. The first-order chi connectivity index (χ1) is 5.04. The monoisotopic (exact) mass is 160 g/mol. The third-order valence-corrected chi connectivity index (χ3v) is 1.82. The predicted octanol–water partition coefficient (Wildman–Crippen LogP) is 1.26. The standard InChI is InChI=1S/C6H12O.C2H4O2/c1-5-3-2-4-6(5)7;1-2(3)4/h5-7H,2-4H2,1H3;1H3,(H,3,4)/t5-,6-;/m1./s1. The summed E-state index contributed by atoms with van der Waals surface area (Å²) in [4.78, 5) is 9.00. The maximum atomic E-state index is 9.00. The van der Waals surface area contributed by atoms with Gasteiger partial charge in [-0.15, -0.1) is 0 Å². The topological polar surface area (TPSA) is 57.5 Å². The van der Waals surface area contributed by atoms with Crippen LogP contribution >= 0.6 is 0 Å². The SMILES string of the molecule is CC(=O)O.C[C@@H]1CCC[C@H]1O. The highest BCUT2D eigenvalue weighted by molar-refractivity contribution is 5.62. The van der Waals surface area contributed by atoms with Gasteiger partial charge in [0.1, 0.15) is 0 Å². The van der Waals surface area contributed by atoms with E-state index in [1.165, 1.54) is 12.8 Å². The molecule has 0 aliphatic heterocycles. The number of hydrogen-bond acceptors (Lipinski definition) is 2. The zero-order valence-corrected chi connectivity index (χ0v) is 7.08. The van der Waals surface area contributed by atoms with Crippen LogP contribution in [0.15, 0.2) is 0 Å². The molecule has 0 unspecified atom stereocenters. The lowest BCUT2D eigenvalue weighted by atomic mass is 10.1. The van der Waals surface area contributed by atoms with Crippen molar-refractivity contribution in [3.05, 3.63) is 0 Å². The normalized spacial score (nSPS) is 29.0. The van der Waals surface area contributed by atoms with Crippen LogP contribution in [0.2, 0.25) is 0 Å². The van der Waals surface area contributed by atoms with Gasteiger partial charge in [0, 0.05) is 6.92 Å². The average Bonchev–Trinajstić information content (AvgIpc) is 2.15. The van der Waals surface area contributed by atoms with Gasteiger partial charge in [-0.25, -0.2) is 0 Å². The third kappa shape index (κ3) is 5.85. The molecule has 1 aliphatic rings. The van der Waals surface area contributed by atoms with E-state index < -0.39 is 5.97 Å². The highest BCUT2D eigenvalue weighted by Gasteiger charge is 2.19. The summed E-state index contributed by atoms with van der Waals surface area (Å²) in [7, 11) is 0. The molecule has 0 spiro atoms. The van der Waals surface area contributed by atoms with Crippen LogP contribution in [0.25, 0.3) is 0 Å². The van der Waals surface area contributed by atoms with E-state index in [1.54, 1.807) is 0 Å². The van der Waals surface area contributed by atoms with Crippen LogP contribution in [-0.2, 0) is 4.79 Å². The Morgan fingerprint density at radius 3 is 2.00 bits per heavy atom. The molecule has 0 aromatic heterocycles. The number of carbonyl (C=O) groups is 1. The van der Waals surface area contributed by atoms with Gasteiger partial charge >= 0.3 is 0 Å². The molecule has 1 rings (SSSR count). The second-order valence-electron chi connectivity index (χ2n) is 2.99. The summed E-state index contributed by atoms with van der Waals surface area (Å²) < 4.78 is 0. The summed E-state index contributed by atoms with van der Waals surface area (Å²) in [6, 6.07) is 0. The molecule has 2 atom stereocenters. The van der Waals surface area contributed by atoms with E-state index in [9.17, 15) is 0 Å². The summed E-state index contributed by atoms with van der Waals surface area (Å²) in [6.45, 7) is 3.19. The van der Waals surface area contributed by atoms with Crippen molar-refractivity contribution in [2.24, 2.45) is 5.92 Å². The lowest BCUT2D eigenvalue weighted by Gasteiger charge is -2.04.